The van der Waals surface area contributed by atoms with Crippen LogP contribution in [0, 0.1) is 0 Å². The maximum atomic E-state index is 10.9. The fourth-order valence-electron chi connectivity index (χ4n) is 1.12. The Morgan fingerprint density at radius 3 is 2.80 bits per heavy atom. The van der Waals surface area contributed by atoms with E-state index in [2.05, 4.69) is 20.7 Å². The van der Waals surface area contributed by atoms with Gasteiger partial charge < -0.3 is 14.9 Å². The molecule has 0 fully saturated rings. The lowest BCUT2D eigenvalue weighted by Gasteiger charge is -2.08. The van der Waals surface area contributed by atoms with Crippen LogP contribution in [0.15, 0.2) is 22.7 Å². The molecule has 1 rings (SSSR count). The van der Waals surface area contributed by atoms with Crippen LogP contribution in [0.2, 0.25) is 0 Å². The van der Waals surface area contributed by atoms with E-state index in [-0.39, 0.29) is 12.2 Å². The highest BCUT2D eigenvalue weighted by molar-refractivity contribution is 9.10. The Hall–Kier alpha value is -1.07. The number of aliphatic hydroxyl groups excluding tert-OH is 1. The Morgan fingerprint density at radius 1 is 1.60 bits per heavy atom. The lowest BCUT2D eigenvalue weighted by Crippen LogP contribution is -2.24. The molecule has 0 spiro atoms. The van der Waals surface area contributed by atoms with Gasteiger partial charge in [0.25, 0.3) is 0 Å². The zero-order valence-corrected chi connectivity index (χ0v) is 9.69. The van der Waals surface area contributed by atoms with Crippen LogP contribution in [0.3, 0.4) is 0 Å². The summed E-state index contributed by atoms with van der Waals surface area (Å²) in [6.07, 6.45) is -1.02. The van der Waals surface area contributed by atoms with Gasteiger partial charge in [-0.25, -0.2) is 4.79 Å². The smallest absolute Gasteiger partial charge is 0.335 e. The second kappa shape index (κ2) is 5.14. The number of methoxy groups -OCH3 is 1. The molecule has 82 valence electrons. The van der Waals surface area contributed by atoms with E-state index >= 15 is 0 Å². The molecule has 0 amide bonds. The third-order valence-corrected chi connectivity index (χ3v) is 2.55. The van der Waals surface area contributed by atoms with Crippen molar-refractivity contribution in [2.24, 2.45) is 0 Å². The number of hydrogen-bond donors (Lipinski definition) is 2. The van der Waals surface area contributed by atoms with Crippen molar-refractivity contribution in [3.63, 3.8) is 0 Å². The lowest BCUT2D eigenvalue weighted by molar-refractivity contribution is -0.150. The molecule has 0 aliphatic rings. The number of ether oxygens (including phenoxy) is 1. The molecule has 5 heteroatoms. The number of rotatable bonds is 3. The normalized spacial score (nSPS) is 12.2. The standard InChI is InChI=1S/C10H11BrO4/c1-15-10(14)9(13)5-6-2-3-8(12)7(11)4-6/h2-4,9,12-13H,5H2,1H3. The van der Waals surface area contributed by atoms with E-state index in [1.54, 1.807) is 12.1 Å². The fourth-order valence-corrected chi connectivity index (χ4v) is 1.55. The molecule has 0 heterocycles. The van der Waals surface area contributed by atoms with Crippen molar-refractivity contribution >= 4 is 21.9 Å². The fraction of sp³-hybridized carbons (Fsp3) is 0.300. The Labute approximate surface area is 95.6 Å². The summed E-state index contributed by atoms with van der Waals surface area (Å²) in [5.74, 6) is -0.550. The Kier molecular flexibility index (Phi) is 4.11. The van der Waals surface area contributed by atoms with Crippen molar-refractivity contribution < 1.29 is 19.7 Å². The predicted molar refractivity (Wildman–Crippen MR) is 57.5 cm³/mol. The maximum absolute atomic E-state index is 10.9. The summed E-state index contributed by atoms with van der Waals surface area (Å²) >= 11 is 3.14. The summed E-state index contributed by atoms with van der Waals surface area (Å²) in [7, 11) is 1.22. The molecule has 1 unspecified atom stereocenters. The van der Waals surface area contributed by atoms with Gasteiger partial charge in [0.05, 0.1) is 11.6 Å². The molecule has 0 aliphatic carbocycles. The summed E-state index contributed by atoms with van der Waals surface area (Å²) in [6, 6.07) is 4.76. The van der Waals surface area contributed by atoms with E-state index in [1.165, 1.54) is 13.2 Å². The summed E-state index contributed by atoms with van der Waals surface area (Å²) in [6.45, 7) is 0. The minimum absolute atomic E-state index is 0.117. The molecular weight excluding hydrogens is 264 g/mol. The van der Waals surface area contributed by atoms with Gasteiger partial charge in [-0.15, -0.1) is 0 Å². The molecule has 0 radical (unpaired) electrons. The van der Waals surface area contributed by atoms with E-state index in [4.69, 9.17) is 0 Å². The van der Waals surface area contributed by atoms with Gasteiger partial charge in [0, 0.05) is 6.42 Å². The third kappa shape index (κ3) is 3.21. The van der Waals surface area contributed by atoms with E-state index in [0.29, 0.717) is 4.47 Å². The monoisotopic (exact) mass is 274 g/mol. The molecule has 1 aromatic rings. The summed E-state index contributed by atoms with van der Waals surface area (Å²) in [4.78, 5) is 10.9. The molecular formula is C10H11BrO4. The first kappa shape index (κ1) is 12.0. The SMILES string of the molecule is COC(=O)C(O)Cc1ccc(O)c(Br)c1. The molecule has 0 saturated heterocycles. The van der Waals surface area contributed by atoms with Crippen molar-refractivity contribution in [3.8, 4) is 5.75 Å². The predicted octanol–water partition coefficient (Wildman–Crippen LogP) is 1.23. The molecule has 4 nitrogen and oxygen atoms in total. The highest BCUT2D eigenvalue weighted by atomic mass is 79.9. The lowest BCUT2D eigenvalue weighted by atomic mass is 10.1. The number of carbonyl (C=O) groups excluding carboxylic acids is 1. The quantitative estimate of drug-likeness (QED) is 0.814. The second-order valence-electron chi connectivity index (χ2n) is 3.03. The van der Waals surface area contributed by atoms with Gasteiger partial charge in [-0.3, -0.25) is 0 Å². The molecule has 0 saturated carbocycles. The summed E-state index contributed by atoms with van der Waals surface area (Å²) in [5.41, 5.74) is 0.734. The number of aromatic hydroxyl groups is 1. The Bertz CT molecular complexity index is 364. The maximum Gasteiger partial charge on any atom is 0.335 e. The molecule has 0 aromatic heterocycles. The van der Waals surface area contributed by atoms with Crippen molar-refractivity contribution in [2.45, 2.75) is 12.5 Å². The van der Waals surface area contributed by atoms with Gasteiger partial charge in [-0.2, -0.15) is 0 Å². The number of carbonyl (C=O) groups is 1. The first-order chi connectivity index (χ1) is 7.04. The number of aliphatic hydroxyl groups is 1. The van der Waals surface area contributed by atoms with Crippen LogP contribution < -0.4 is 0 Å². The molecule has 15 heavy (non-hydrogen) atoms. The van der Waals surface area contributed by atoms with E-state index in [1.807, 2.05) is 0 Å². The number of phenolic OH excluding ortho intramolecular Hbond substituents is 1. The van der Waals surface area contributed by atoms with Crippen LogP contribution in [0.1, 0.15) is 5.56 Å². The molecule has 1 aromatic carbocycles. The van der Waals surface area contributed by atoms with Crippen LogP contribution in [0.4, 0.5) is 0 Å². The highest BCUT2D eigenvalue weighted by Gasteiger charge is 2.16. The van der Waals surface area contributed by atoms with Gasteiger partial charge >= 0.3 is 5.97 Å². The molecule has 1 atom stereocenters. The number of benzene rings is 1. The van der Waals surface area contributed by atoms with Gasteiger partial charge in [0.2, 0.25) is 0 Å². The van der Waals surface area contributed by atoms with Gasteiger partial charge in [0.1, 0.15) is 5.75 Å². The average Bonchev–Trinajstić information content (AvgIpc) is 2.22. The first-order valence-corrected chi connectivity index (χ1v) is 5.07. The van der Waals surface area contributed by atoms with Crippen LogP contribution in [-0.2, 0) is 16.0 Å². The second-order valence-corrected chi connectivity index (χ2v) is 3.88. The number of halogens is 1. The molecule has 2 N–H and O–H groups in total. The van der Waals surface area contributed by atoms with Gasteiger partial charge in [-0.1, -0.05) is 6.07 Å². The van der Waals surface area contributed by atoms with Crippen LogP contribution in [0.25, 0.3) is 0 Å². The van der Waals surface area contributed by atoms with Crippen LogP contribution in [0.5, 0.6) is 5.75 Å². The van der Waals surface area contributed by atoms with Crippen molar-refractivity contribution in [3.05, 3.63) is 28.2 Å². The third-order valence-electron chi connectivity index (χ3n) is 1.91. The number of esters is 1. The highest BCUT2D eigenvalue weighted by Crippen LogP contribution is 2.24. The summed E-state index contributed by atoms with van der Waals surface area (Å²) < 4.78 is 4.91. The largest absolute Gasteiger partial charge is 0.507 e. The van der Waals surface area contributed by atoms with E-state index in [0.717, 1.165) is 5.56 Å². The van der Waals surface area contributed by atoms with E-state index in [9.17, 15) is 15.0 Å². The molecule has 0 aliphatic heterocycles. The zero-order valence-electron chi connectivity index (χ0n) is 8.11. The Morgan fingerprint density at radius 2 is 2.27 bits per heavy atom. The zero-order chi connectivity index (χ0) is 11.4. The van der Waals surface area contributed by atoms with E-state index < -0.39 is 12.1 Å². The summed E-state index contributed by atoms with van der Waals surface area (Å²) in [5, 5.41) is 18.6. The van der Waals surface area contributed by atoms with Crippen LogP contribution in [-0.4, -0.2) is 29.4 Å². The number of hydrogen-bond acceptors (Lipinski definition) is 4. The van der Waals surface area contributed by atoms with Crippen molar-refractivity contribution in [1.29, 1.82) is 0 Å². The average molecular weight is 275 g/mol. The molecule has 0 bridgehead atoms. The van der Waals surface area contributed by atoms with Gasteiger partial charge in [0.15, 0.2) is 6.10 Å². The Balaban J connectivity index is 2.73. The van der Waals surface area contributed by atoms with Crippen molar-refractivity contribution in [1.82, 2.24) is 0 Å². The topological polar surface area (TPSA) is 66.8 Å². The minimum atomic E-state index is -1.17. The minimum Gasteiger partial charge on any atom is -0.507 e. The van der Waals surface area contributed by atoms with Crippen molar-refractivity contribution in [2.75, 3.05) is 7.11 Å². The number of phenols is 1. The van der Waals surface area contributed by atoms with Gasteiger partial charge in [-0.05, 0) is 33.6 Å². The van der Waals surface area contributed by atoms with Crippen LogP contribution >= 0.6 is 15.9 Å². The first-order valence-electron chi connectivity index (χ1n) is 4.28.